The van der Waals surface area contributed by atoms with Gasteiger partial charge in [0.25, 0.3) is 0 Å². The van der Waals surface area contributed by atoms with Gasteiger partial charge in [-0.25, -0.2) is 4.39 Å². The lowest BCUT2D eigenvalue weighted by molar-refractivity contribution is 0.573. The van der Waals surface area contributed by atoms with E-state index in [0.717, 1.165) is 22.3 Å². The maximum atomic E-state index is 13.0. The van der Waals surface area contributed by atoms with E-state index in [4.69, 9.17) is 16.0 Å². The molecule has 2 aromatic carbocycles. The summed E-state index contributed by atoms with van der Waals surface area (Å²) in [6.07, 6.45) is 0. The minimum Gasteiger partial charge on any atom is -0.461 e. The zero-order valence-corrected chi connectivity index (χ0v) is 11.7. The van der Waals surface area contributed by atoms with Crippen LogP contribution in [0.4, 0.5) is 10.1 Å². The molecule has 0 spiro atoms. The van der Waals surface area contributed by atoms with Crippen LogP contribution in [0, 0.1) is 12.7 Å². The number of halogens is 2. The molecular formula is C16H13ClFNO. The van der Waals surface area contributed by atoms with Crippen LogP contribution in [-0.4, -0.2) is 0 Å². The highest BCUT2D eigenvalue weighted by Crippen LogP contribution is 2.28. The van der Waals surface area contributed by atoms with Gasteiger partial charge in [-0.1, -0.05) is 29.8 Å². The Hall–Kier alpha value is -2.00. The SMILES string of the molecule is Cc1oc2ccccc2c1CNc1ccc(F)cc1Cl. The van der Waals surface area contributed by atoms with Crippen LogP contribution in [0.3, 0.4) is 0 Å². The number of anilines is 1. The topological polar surface area (TPSA) is 25.2 Å². The molecule has 3 aromatic rings. The fourth-order valence-corrected chi connectivity index (χ4v) is 2.49. The van der Waals surface area contributed by atoms with E-state index in [2.05, 4.69) is 5.32 Å². The fraction of sp³-hybridized carbons (Fsp3) is 0.125. The summed E-state index contributed by atoms with van der Waals surface area (Å²) in [5, 5.41) is 4.67. The second kappa shape index (κ2) is 5.17. The van der Waals surface area contributed by atoms with Crippen molar-refractivity contribution in [1.29, 1.82) is 0 Å². The number of hydrogen-bond acceptors (Lipinski definition) is 2. The minimum atomic E-state index is -0.342. The summed E-state index contributed by atoms with van der Waals surface area (Å²) in [5.74, 6) is 0.530. The lowest BCUT2D eigenvalue weighted by Crippen LogP contribution is -2.00. The van der Waals surface area contributed by atoms with E-state index < -0.39 is 0 Å². The van der Waals surface area contributed by atoms with Gasteiger partial charge < -0.3 is 9.73 Å². The molecule has 0 saturated carbocycles. The molecule has 1 heterocycles. The van der Waals surface area contributed by atoms with Gasteiger partial charge in [0.1, 0.15) is 17.2 Å². The van der Waals surface area contributed by atoms with Gasteiger partial charge in [0.2, 0.25) is 0 Å². The molecule has 102 valence electrons. The molecule has 0 atom stereocenters. The highest BCUT2D eigenvalue weighted by molar-refractivity contribution is 6.33. The molecule has 20 heavy (non-hydrogen) atoms. The van der Waals surface area contributed by atoms with Gasteiger partial charge in [-0.15, -0.1) is 0 Å². The zero-order chi connectivity index (χ0) is 14.1. The van der Waals surface area contributed by atoms with Gasteiger partial charge in [-0.2, -0.15) is 0 Å². The first-order valence-corrected chi connectivity index (χ1v) is 6.69. The van der Waals surface area contributed by atoms with Gasteiger partial charge in [-0.3, -0.25) is 0 Å². The summed E-state index contributed by atoms with van der Waals surface area (Å²) in [6, 6.07) is 12.2. The number of hydrogen-bond donors (Lipinski definition) is 1. The van der Waals surface area contributed by atoms with E-state index in [0.29, 0.717) is 17.3 Å². The Morgan fingerprint density at radius 2 is 2.00 bits per heavy atom. The van der Waals surface area contributed by atoms with Crippen LogP contribution < -0.4 is 5.32 Å². The highest BCUT2D eigenvalue weighted by atomic mass is 35.5. The summed E-state index contributed by atoms with van der Waals surface area (Å²) in [4.78, 5) is 0. The predicted octanol–water partition coefficient (Wildman–Crippen LogP) is 5.15. The van der Waals surface area contributed by atoms with Crippen molar-refractivity contribution in [3.8, 4) is 0 Å². The molecule has 0 fully saturated rings. The molecule has 0 aliphatic heterocycles. The molecule has 0 amide bonds. The number of para-hydroxylation sites is 1. The van der Waals surface area contributed by atoms with Crippen LogP contribution in [0.2, 0.25) is 5.02 Å². The van der Waals surface area contributed by atoms with Gasteiger partial charge in [0.05, 0.1) is 10.7 Å². The highest BCUT2D eigenvalue weighted by Gasteiger charge is 2.10. The Kier molecular flexibility index (Phi) is 3.36. The summed E-state index contributed by atoms with van der Waals surface area (Å²) < 4.78 is 18.7. The number of rotatable bonds is 3. The zero-order valence-electron chi connectivity index (χ0n) is 10.9. The molecule has 2 nitrogen and oxygen atoms in total. The molecule has 0 radical (unpaired) electrons. The lowest BCUT2D eigenvalue weighted by atomic mass is 10.1. The first-order chi connectivity index (χ1) is 9.65. The lowest BCUT2D eigenvalue weighted by Gasteiger charge is -2.08. The van der Waals surface area contributed by atoms with Gasteiger partial charge >= 0.3 is 0 Å². The van der Waals surface area contributed by atoms with Crippen molar-refractivity contribution in [2.75, 3.05) is 5.32 Å². The van der Waals surface area contributed by atoms with E-state index in [1.54, 1.807) is 6.07 Å². The van der Waals surface area contributed by atoms with Crippen LogP contribution in [0.15, 0.2) is 46.9 Å². The number of aryl methyl sites for hydroxylation is 1. The third kappa shape index (κ3) is 2.37. The molecule has 1 N–H and O–H groups in total. The van der Waals surface area contributed by atoms with Crippen LogP contribution in [0.25, 0.3) is 11.0 Å². The summed E-state index contributed by atoms with van der Waals surface area (Å²) in [5.41, 5.74) is 2.66. The Morgan fingerprint density at radius 1 is 1.20 bits per heavy atom. The number of nitrogens with one attached hydrogen (secondary N) is 1. The Morgan fingerprint density at radius 3 is 2.80 bits per heavy atom. The van der Waals surface area contributed by atoms with Crippen molar-refractivity contribution in [2.24, 2.45) is 0 Å². The largest absolute Gasteiger partial charge is 0.461 e. The standard InChI is InChI=1S/C16H13ClFNO/c1-10-13(12-4-2-3-5-16(12)20-10)9-19-15-7-6-11(18)8-14(15)17/h2-8,19H,9H2,1H3. The monoisotopic (exact) mass is 289 g/mol. The minimum absolute atomic E-state index is 0.342. The first kappa shape index (κ1) is 13.0. The third-order valence-electron chi connectivity index (χ3n) is 3.29. The molecular weight excluding hydrogens is 277 g/mol. The first-order valence-electron chi connectivity index (χ1n) is 6.31. The normalized spacial score (nSPS) is 10.9. The number of fused-ring (bicyclic) bond motifs is 1. The average molecular weight is 290 g/mol. The summed E-state index contributed by atoms with van der Waals surface area (Å²) in [7, 11) is 0. The maximum absolute atomic E-state index is 13.0. The second-order valence-electron chi connectivity index (χ2n) is 4.61. The Balaban J connectivity index is 1.88. The van der Waals surface area contributed by atoms with Gasteiger partial charge in [0, 0.05) is 17.5 Å². The van der Waals surface area contributed by atoms with Crippen LogP contribution in [0.5, 0.6) is 0 Å². The van der Waals surface area contributed by atoms with E-state index in [1.807, 2.05) is 31.2 Å². The predicted molar refractivity (Wildman–Crippen MR) is 79.7 cm³/mol. The molecule has 0 saturated heterocycles. The second-order valence-corrected chi connectivity index (χ2v) is 5.02. The summed E-state index contributed by atoms with van der Waals surface area (Å²) in [6.45, 7) is 2.51. The van der Waals surface area contributed by atoms with Crippen molar-refractivity contribution in [3.63, 3.8) is 0 Å². The molecule has 0 unspecified atom stereocenters. The smallest absolute Gasteiger partial charge is 0.134 e. The Labute approximate surface area is 121 Å². The average Bonchev–Trinajstić information content (AvgIpc) is 2.74. The van der Waals surface area contributed by atoms with Crippen molar-refractivity contribution >= 4 is 28.3 Å². The van der Waals surface area contributed by atoms with Gasteiger partial charge in [0.15, 0.2) is 0 Å². The van der Waals surface area contributed by atoms with E-state index >= 15 is 0 Å². The van der Waals surface area contributed by atoms with Crippen LogP contribution in [-0.2, 0) is 6.54 Å². The van der Waals surface area contributed by atoms with E-state index in [9.17, 15) is 4.39 Å². The van der Waals surface area contributed by atoms with Gasteiger partial charge in [-0.05, 0) is 31.2 Å². The van der Waals surface area contributed by atoms with Crippen molar-refractivity contribution < 1.29 is 8.81 Å². The molecule has 0 aliphatic rings. The van der Waals surface area contributed by atoms with Crippen molar-refractivity contribution in [2.45, 2.75) is 13.5 Å². The van der Waals surface area contributed by atoms with Crippen molar-refractivity contribution in [1.82, 2.24) is 0 Å². The molecule has 0 aliphatic carbocycles. The van der Waals surface area contributed by atoms with E-state index in [1.165, 1.54) is 12.1 Å². The third-order valence-corrected chi connectivity index (χ3v) is 3.60. The van der Waals surface area contributed by atoms with Crippen molar-refractivity contribution in [3.05, 3.63) is 64.6 Å². The molecule has 1 aromatic heterocycles. The van der Waals surface area contributed by atoms with Crippen LogP contribution >= 0.6 is 11.6 Å². The molecule has 3 rings (SSSR count). The quantitative estimate of drug-likeness (QED) is 0.721. The maximum Gasteiger partial charge on any atom is 0.134 e. The molecule has 4 heteroatoms. The number of benzene rings is 2. The molecule has 0 bridgehead atoms. The fourth-order valence-electron chi connectivity index (χ4n) is 2.26. The van der Waals surface area contributed by atoms with Crippen LogP contribution in [0.1, 0.15) is 11.3 Å². The van der Waals surface area contributed by atoms with E-state index in [-0.39, 0.29) is 5.82 Å². The number of furan rings is 1. The summed E-state index contributed by atoms with van der Waals surface area (Å²) >= 11 is 6.00. The Bertz CT molecular complexity index is 766.